The van der Waals surface area contributed by atoms with Crippen LogP contribution in [0.5, 0.6) is 0 Å². The van der Waals surface area contributed by atoms with Gasteiger partial charge in [-0.15, -0.1) is 0 Å². The number of amides is 2. The van der Waals surface area contributed by atoms with E-state index in [1.165, 1.54) is 4.90 Å². The van der Waals surface area contributed by atoms with Gasteiger partial charge in [0.15, 0.2) is 6.10 Å². The van der Waals surface area contributed by atoms with E-state index in [-0.39, 0.29) is 18.5 Å². The Morgan fingerprint density at radius 3 is 1.65 bits per heavy atom. The Balaban J connectivity index is 1.26. The molecule has 1 aliphatic rings. The van der Waals surface area contributed by atoms with Crippen molar-refractivity contribution in [2.45, 2.75) is 56.6 Å². The molecule has 0 aliphatic carbocycles. The predicted octanol–water partition coefficient (Wildman–Crippen LogP) is 6.80. The highest BCUT2D eigenvalue weighted by Crippen LogP contribution is 2.24. The summed E-state index contributed by atoms with van der Waals surface area (Å²) in [4.78, 5) is 30.3. The van der Waals surface area contributed by atoms with Crippen LogP contribution in [0.15, 0.2) is 152 Å². The van der Waals surface area contributed by atoms with E-state index in [0.29, 0.717) is 38.0 Å². The van der Waals surface area contributed by atoms with Gasteiger partial charge in [0.25, 0.3) is 5.91 Å². The van der Waals surface area contributed by atoms with E-state index in [2.05, 4.69) is 46.6 Å². The predicted molar refractivity (Wildman–Crippen MR) is 193 cm³/mol. The van der Waals surface area contributed by atoms with Gasteiger partial charge in [0.2, 0.25) is 0 Å². The van der Waals surface area contributed by atoms with Crippen LogP contribution in [-0.4, -0.2) is 52.8 Å². The van der Waals surface area contributed by atoms with Crippen LogP contribution in [0.3, 0.4) is 0 Å². The molecule has 0 bridgehead atoms. The normalized spacial score (nSPS) is 16.2. The van der Waals surface area contributed by atoms with Gasteiger partial charge in [-0.3, -0.25) is 14.6 Å². The van der Waals surface area contributed by atoms with Crippen LogP contribution in [0, 0.1) is 0 Å². The SMILES string of the molecule is O=C(N[C@@H](Cc1ccccc1)C[C@H](O)[C@H](Cc1ccccc1)N(Cc1ccccc1)Cc1ccccc1)[C@H]1CN(c2ccccc2)C(=O)O1. The second-order valence-electron chi connectivity index (χ2n) is 12.7. The maximum atomic E-state index is 13.7. The minimum absolute atomic E-state index is 0.119. The lowest BCUT2D eigenvalue weighted by atomic mass is 9.91. The van der Waals surface area contributed by atoms with E-state index in [0.717, 1.165) is 22.3 Å². The number of hydrogen-bond donors (Lipinski definition) is 2. The third kappa shape index (κ3) is 9.44. The van der Waals surface area contributed by atoms with Gasteiger partial charge in [0, 0.05) is 30.9 Å². The number of carbonyl (C=O) groups excluding carboxylic acids is 2. The van der Waals surface area contributed by atoms with Crippen LogP contribution < -0.4 is 10.2 Å². The maximum absolute atomic E-state index is 13.7. The molecule has 0 spiro atoms. The van der Waals surface area contributed by atoms with Crippen LogP contribution in [0.4, 0.5) is 10.5 Å². The molecule has 4 atom stereocenters. The largest absolute Gasteiger partial charge is 0.434 e. The highest BCUT2D eigenvalue weighted by molar-refractivity contribution is 5.95. The summed E-state index contributed by atoms with van der Waals surface area (Å²) in [6.07, 6.45) is -0.862. The molecular formula is C42H43N3O4. The van der Waals surface area contributed by atoms with Crippen LogP contribution in [0.1, 0.15) is 28.7 Å². The van der Waals surface area contributed by atoms with Crippen LogP contribution in [-0.2, 0) is 35.5 Å². The molecule has 49 heavy (non-hydrogen) atoms. The van der Waals surface area contributed by atoms with Crippen LogP contribution in [0.25, 0.3) is 0 Å². The summed E-state index contributed by atoms with van der Waals surface area (Å²) in [5, 5.41) is 15.4. The Labute approximate surface area is 288 Å². The average molecular weight is 654 g/mol. The van der Waals surface area contributed by atoms with Crippen LogP contribution in [0.2, 0.25) is 0 Å². The van der Waals surface area contributed by atoms with Crippen LogP contribution >= 0.6 is 0 Å². The summed E-state index contributed by atoms with van der Waals surface area (Å²) in [6, 6.07) is 49.4. The van der Waals surface area contributed by atoms with Gasteiger partial charge in [0.05, 0.1) is 12.6 Å². The summed E-state index contributed by atoms with van der Waals surface area (Å²) in [7, 11) is 0. The Hall–Kier alpha value is -5.24. The number of anilines is 1. The molecule has 1 fully saturated rings. The quantitative estimate of drug-likeness (QED) is 0.130. The molecule has 0 saturated carbocycles. The third-order valence-electron chi connectivity index (χ3n) is 9.03. The lowest BCUT2D eigenvalue weighted by Gasteiger charge is -2.37. The van der Waals surface area contributed by atoms with Crippen molar-refractivity contribution in [1.29, 1.82) is 0 Å². The molecule has 5 aromatic carbocycles. The lowest BCUT2D eigenvalue weighted by Crippen LogP contribution is -2.50. The molecule has 6 rings (SSSR count). The van der Waals surface area contributed by atoms with Gasteiger partial charge < -0.3 is 15.2 Å². The maximum Gasteiger partial charge on any atom is 0.415 e. The summed E-state index contributed by atoms with van der Waals surface area (Å²) in [6.45, 7) is 1.41. The molecule has 0 radical (unpaired) electrons. The number of hydrogen-bond acceptors (Lipinski definition) is 5. The number of aliphatic hydroxyl groups excluding tert-OH is 1. The summed E-state index contributed by atoms with van der Waals surface area (Å²) >= 11 is 0. The van der Waals surface area contributed by atoms with E-state index in [1.807, 2.05) is 115 Å². The molecule has 1 heterocycles. The fourth-order valence-electron chi connectivity index (χ4n) is 6.54. The zero-order valence-electron chi connectivity index (χ0n) is 27.6. The van der Waals surface area contributed by atoms with Gasteiger partial charge in [-0.1, -0.05) is 140 Å². The first-order valence-corrected chi connectivity index (χ1v) is 16.9. The average Bonchev–Trinajstić information content (AvgIpc) is 3.54. The van der Waals surface area contributed by atoms with Gasteiger partial charge >= 0.3 is 6.09 Å². The van der Waals surface area contributed by atoms with E-state index >= 15 is 0 Å². The summed E-state index contributed by atoms with van der Waals surface area (Å²) in [5.41, 5.74) is 5.16. The van der Waals surface area contributed by atoms with Gasteiger partial charge in [-0.05, 0) is 53.6 Å². The van der Waals surface area contributed by atoms with Crippen molar-refractivity contribution in [3.8, 4) is 0 Å². The molecule has 2 N–H and O–H groups in total. The highest BCUT2D eigenvalue weighted by Gasteiger charge is 2.38. The van der Waals surface area contributed by atoms with Gasteiger partial charge in [0.1, 0.15) is 0 Å². The number of rotatable bonds is 15. The Morgan fingerprint density at radius 2 is 1.14 bits per heavy atom. The highest BCUT2D eigenvalue weighted by atomic mass is 16.6. The molecule has 1 saturated heterocycles. The topological polar surface area (TPSA) is 82.1 Å². The van der Waals surface area contributed by atoms with Crippen molar-refractivity contribution in [2.24, 2.45) is 0 Å². The fraction of sp³-hybridized carbons (Fsp3) is 0.238. The number of aliphatic hydroxyl groups is 1. The first kappa shape index (κ1) is 33.7. The standard InChI is InChI=1S/C42H43N3O4/c46-39(38(27-33-18-8-2-9-19-33)44(29-34-20-10-3-11-21-34)30-35-22-12-4-13-23-35)28-36(26-32-16-6-1-7-17-32)43-41(47)40-31-45(42(48)49-40)37-24-14-5-15-25-37/h1-25,36,38-40,46H,26-31H2,(H,43,47)/t36-,38-,39-,40+/m0/s1. The van der Waals surface area contributed by atoms with E-state index in [1.54, 1.807) is 0 Å². The monoisotopic (exact) mass is 653 g/mol. The zero-order valence-corrected chi connectivity index (χ0v) is 27.6. The van der Waals surface area contributed by atoms with E-state index in [9.17, 15) is 14.7 Å². The van der Waals surface area contributed by atoms with E-state index in [4.69, 9.17) is 4.74 Å². The second-order valence-corrected chi connectivity index (χ2v) is 12.7. The second kappa shape index (κ2) is 16.7. The molecule has 7 nitrogen and oxygen atoms in total. The first-order valence-electron chi connectivity index (χ1n) is 16.9. The number of carbonyl (C=O) groups is 2. The Kier molecular flexibility index (Phi) is 11.5. The zero-order chi connectivity index (χ0) is 33.8. The minimum atomic E-state index is -0.962. The van der Waals surface area contributed by atoms with Crippen molar-refractivity contribution in [1.82, 2.24) is 10.2 Å². The molecule has 250 valence electrons. The van der Waals surface area contributed by atoms with Crippen molar-refractivity contribution in [3.05, 3.63) is 174 Å². The lowest BCUT2D eigenvalue weighted by molar-refractivity contribution is -0.128. The number of cyclic esters (lactones) is 1. The van der Waals surface area contributed by atoms with Crippen molar-refractivity contribution >= 4 is 17.7 Å². The number of nitrogens with zero attached hydrogens (tertiary/aromatic N) is 2. The van der Waals surface area contributed by atoms with Crippen molar-refractivity contribution in [2.75, 3.05) is 11.4 Å². The van der Waals surface area contributed by atoms with Crippen molar-refractivity contribution in [3.63, 3.8) is 0 Å². The summed E-state index contributed by atoms with van der Waals surface area (Å²) < 4.78 is 5.55. The number of benzene rings is 5. The number of para-hydroxylation sites is 1. The Morgan fingerprint density at radius 1 is 0.694 bits per heavy atom. The van der Waals surface area contributed by atoms with Gasteiger partial charge in [-0.25, -0.2) is 4.79 Å². The van der Waals surface area contributed by atoms with E-state index < -0.39 is 24.3 Å². The summed E-state index contributed by atoms with van der Waals surface area (Å²) in [5.74, 6) is -0.370. The Bertz CT molecular complexity index is 1700. The molecule has 7 heteroatoms. The third-order valence-corrected chi connectivity index (χ3v) is 9.03. The van der Waals surface area contributed by atoms with Gasteiger partial charge in [-0.2, -0.15) is 0 Å². The molecule has 2 amide bonds. The molecule has 0 unspecified atom stereocenters. The first-order chi connectivity index (χ1) is 24.0. The smallest absolute Gasteiger partial charge is 0.415 e. The van der Waals surface area contributed by atoms with Crippen molar-refractivity contribution < 1.29 is 19.4 Å². The molecule has 1 aliphatic heterocycles. The minimum Gasteiger partial charge on any atom is -0.434 e. The number of nitrogens with one attached hydrogen (secondary N) is 1. The molecular weight excluding hydrogens is 610 g/mol. The fourth-order valence-corrected chi connectivity index (χ4v) is 6.54. The number of ether oxygens (including phenoxy) is 1. The molecule has 0 aromatic heterocycles. The molecule has 5 aromatic rings.